The van der Waals surface area contributed by atoms with Crippen molar-refractivity contribution in [3.8, 4) is 0 Å². The van der Waals surface area contributed by atoms with E-state index in [4.69, 9.17) is 23.2 Å². The number of rotatable bonds is 7. The molecule has 0 spiro atoms. The van der Waals surface area contributed by atoms with E-state index in [9.17, 15) is 22.8 Å². The maximum Gasteiger partial charge on any atom is 0.416 e. The van der Waals surface area contributed by atoms with Crippen molar-refractivity contribution in [1.82, 2.24) is 5.32 Å². The highest BCUT2D eigenvalue weighted by Crippen LogP contribution is 2.32. The number of alkyl halides is 3. The highest BCUT2D eigenvalue weighted by molar-refractivity contribution is 6.42. The van der Waals surface area contributed by atoms with E-state index in [1.54, 1.807) is 31.2 Å². The van der Waals surface area contributed by atoms with Gasteiger partial charge < -0.3 is 10.2 Å². The molecule has 3 aromatic carbocycles. The predicted molar refractivity (Wildman–Crippen MR) is 128 cm³/mol. The van der Waals surface area contributed by atoms with Crippen LogP contribution < -0.4 is 10.2 Å². The van der Waals surface area contributed by atoms with Crippen molar-refractivity contribution in [2.75, 3.05) is 18.0 Å². The Morgan fingerprint density at radius 2 is 1.68 bits per heavy atom. The van der Waals surface area contributed by atoms with Crippen molar-refractivity contribution in [2.24, 2.45) is 0 Å². The van der Waals surface area contributed by atoms with E-state index in [-0.39, 0.29) is 29.7 Å². The normalized spacial score (nSPS) is 11.2. The number of nitrogens with one attached hydrogen (secondary N) is 1. The molecule has 0 aromatic heterocycles. The van der Waals surface area contributed by atoms with Crippen molar-refractivity contribution in [3.63, 3.8) is 0 Å². The molecule has 3 rings (SSSR count). The highest BCUT2D eigenvalue weighted by atomic mass is 35.5. The standard InChI is InChI=1S/C25H21Cl2F3N2O2/c1-16-6-2-3-9-20(16)24(34)32(19-8-4-7-18(15-19)25(28,29)30)13-5-12-31-23(33)17-10-11-21(26)22(27)14-17/h2-4,6-11,14-15H,5,12-13H2,1H3,(H,31,33). The first kappa shape index (κ1) is 25.6. The summed E-state index contributed by atoms with van der Waals surface area (Å²) in [5, 5.41) is 3.29. The zero-order valence-electron chi connectivity index (χ0n) is 18.1. The first-order valence-corrected chi connectivity index (χ1v) is 11.1. The van der Waals surface area contributed by atoms with Gasteiger partial charge in [0.15, 0.2) is 0 Å². The second-order valence-electron chi connectivity index (χ2n) is 7.56. The molecule has 0 aliphatic rings. The molecule has 4 nitrogen and oxygen atoms in total. The minimum atomic E-state index is -4.54. The molecule has 0 bridgehead atoms. The number of anilines is 1. The van der Waals surface area contributed by atoms with Crippen LogP contribution in [0.25, 0.3) is 0 Å². The van der Waals surface area contributed by atoms with E-state index in [1.807, 2.05) is 0 Å². The molecule has 34 heavy (non-hydrogen) atoms. The third kappa shape index (κ3) is 6.30. The molecule has 0 unspecified atom stereocenters. The van der Waals surface area contributed by atoms with Crippen LogP contribution in [0.1, 0.15) is 38.3 Å². The van der Waals surface area contributed by atoms with Crippen molar-refractivity contribution in [3.05, 3.63) is 99.0 Å². The van der Waals surface area contributed by atoms with Gasteiger partial charge in [0.05, 0.1) is 15.6 Å². The van der Waals surface area contributed by atoms with Gasteiger partial charge in [-0.3, -0.25) is 9.59 Å². The van der Waals surface area contributed by atoms with E-state index >= 15 is 0 Å². The molecule has 2 amide bonds. The van der Waals surface area contributed by atoms with Crippen molar-refractivity contribution >= 4 is 40.7 Å². The molecule has 0 radical (unpaired) electrons. The quantitative estimate of drug-likeness (QED) is 0.357. The summed E-state index contributed by atoms with van der Waals surface area (Å²) < 4.78 is 39.8. The Kier molecular flexibility index (Phi) is 8.23. The fraction of sp³-hybridized carbons (Fsp3) is 0.200. The minimum Gasteiger partial charge on any atom is -0.352 e. The van der Waals surface area contributed by atoms with Gasteiger partial charge in [-0.2, -0.15) is 13.2 Å². The zero-order valence-corrected chi connectivity index (χ0v) is 19.6. The molecule has 3 aromatic rings. The Morgan fingerprint density at radius 1 is 0.941 bits per heavy atom. The van der Waals surface area contributed by atoms with Crippen molar-refractivity contribution in [2.45, 2.75) is 19.5 Å². The zero-order chi connectivity index (χ0) is 24.9. The van der Waals surface area contributed by atoms with E-state index < -0.39 is 17.6 Å². The lowest BCUT2D eigenvalue weighted by Gasteiger charge is -2.25. The molecule has 0 aliphatic carbocycles. The molecular weight excluding hydrogens is 488 g/mol. The summed E-state index contributed by atoms with van der Waals surface area (Å²) in [7, 11) is 0. The first-order chi connectivity index (χ1) is 16.1. The fourth-order valence-electron chi connectivity index (χ4n) is 3.33. The molecule has 0 saturated heterocycles. The van der Waals surface area contributed by atoms with Crippen LogP contribution in [0.4, 0.5) is 18.9 Å². The number of benzene rings is 3. The summed E-state index contributed by atoms with van der Waals surface area (Å²) in [5.41, 5.74) is 0.691. The van der Waals surface area contributed by atoms with Crippen LogP contribution in [0.3, 0.4) is 0 Å². The van der Waals surface area contributed by atoms with Gasteiger partial charge >= 0.3 is 6.18 Å². The van der Waals surface area contributed by atoms with E-state index in [2.05, 4.69) is 5.32 Å². The molecule has 0 aliphatic heterocycles. The Bertz CT molecular complexity index is 1200. The Morgan fingerprint density at radius 3 is 2.35 bits per heavy atom. The average Bonchev–Trinajstić information content (AvgIpc) is 2.80. The number of halogens is 5. The topological polar surface area (TPSA) is 49.4 Å². The maximum atomic E-state index is 13.3. The van der Waals surface area contributed by atoms with Crippen LogP contribution in [0, 0.1) is 6.92 Å². The summed E-state index contributed by atoms with van der Waals surface area (Å²) in [5.74, 6) is -0.803. The summed E-state index contributed by atoms with van der Waals surface area (Å²) in [4.78, 5) is 26.9. The van der Waals surface area contributed by atoms with Crippen molar-refractivity contribution in [1.29, 1.82) is 0 Å². The predicted octanol–water partition coefficient (Wildman–Crippen LogP) is 6.79. The number of nitrogens with zero attached hydrogens (tertiary/aromatic N) is 1. The third-order valence-corrected chi connectivity index (χ3v) is 5.87. The second kappa shape index (κ2) is 10.9. The number of aryl methyl sites for hydroxylation is 1. The minimum absolute atomic E-state index is 0.0934. The molecule has 178 valence electrons. The summed E-state index contributed by atoms with van der Waals surface area (Å²) in [6, 6.07) is 16.0. The summed E-state index contributed by atoms with van der Waals surface area (Å²) in [6.07, 6.45) is -4.23. The third-order valence-electron chi connectivity index (χ3n) is 5.13. The number of amides is 2. The van der Waals surface area contributed by atoms with E-state index in [0.29, 0.717) is 28.1 Å². The SMILES string of the molecule is Cc1ccccc1C(=O)N(CCCNC(=O)c1ccc(Cl)c(Cl)c1)c1cccc(C(F)(F)F)c1. The van der Waals surface area contributed by atoms with Gasteiger partial charge in [-0.25, -0.2) is 0 Å². The van der Waals surface area contributed by atoms with Gasteiger partial charge in [-0.1, -0.05) is 47.5 Å². The largest absolute Gasteiger partial charge is 0.416 e. The van der Waals surface area contributed by atoms with Crippen LogP contribution >= 0.6 is 23.2 Å². The van der Waals surface area contributed by atoms with Gasteiger partial charge in [0, 0.05) is 29.9 Å². The molecule has 0 fully saturated rings. The summed E-state index contributed by atoms with van der Waals surface area (Å²) in [6.45, 7) is 2.04. The van der Waals surface area contributed by atoms with Gasteiger partial charge in [-0.15, -0.1) is 0 Å². The Balaban J connectivity index is 1.76. The van der Waals surface area contributed by atoms with Gasteiger partial charge in [0.25, 0.3) is 11.8 Å². The van der Waals surface area contributed by atoms with Crippen LogP contribution in [0.15, 0.2) is 66.7 Å². The molecule has 1 N–H and O–H groups in total. The maximum absolute atomic E-state index is 13.3. The molecule has 9 heteroatoms. The van der Waals surface area contributed by atoms with Crippen LogP contribution in [0.5, 0.6) is 0 Å². The van der Waals surface area contributed by atoms with Crippen LogP contribution in [-0.2, 0) is 6.18 Å². The number of carbonyl (C=O) groups is 2. The number of hydrogen-bond donors (Lipinski definition) is 1. The average molecular weight is 509 g/mol. The molecule has 0 atom stereocenters. The van der Waals surface area contributed by atoms with Crippen molar-refractivity contribution < 1.29 is 22.8 Å². The fourth-order valence-corrected chi connectivity index (χ4v) is 3.63. The molecule has 0 heterocycles. The van der Waals surface area contributed by atoms with Gasteiger partial charge in [-0.05, 0) is 61.4 Å². The van der Waals surface area contributed by atoms with Crippen LogP contribution in [0.2, 0.25) is 10.0 Å². The lowest BCUT2D eigenvalue weighted by Crippen LogP contribution is -2.35. The Labute approximate surface area is 205 Å². The van der Waals surface area contributed by atoms with Gasteiger partial charge in [0.1, 0.15) is 0 Å². The monoisotopic (exact) mass is 508 g/mol. The van der Waals surface area contributed by atoms with E-state index in [1.165, 1.54) is 35.2 Å². The lowest BCUT2D eigenvalue weighted by molar-refractivity contribution is -0.137. The first-order valence-electron chi connectivity index (χ1n) is 10.4. The molecule has 0 saturated carbocycles. The number of carbonyl (C=O) groups excluding carboxylic acids is 2. The molecular formula is C25H21Cl2F3N2O2. The van der Waals surface area contributed by atoms with Gasteiger partial charge in [0.2, 0.25) is 0 Å². The summed E-state index contributed by atoms with van der Waals surface area (Å²) >= 11 is 11.8. The van der Waals surface area contributed by atoms with E-state index in [0.717, 1.165) is 12.1 Å². The second-order valence-corrected chi connectivity index (χ2v) is 8.37. The lowest BCUT2D eigenvalue weighted by atomic mass is 10.1. The van der Waals surface area contributed by atoms with Crippen LogP contribution in [-0.4, -0.2) is 24.9 Å². The number of hydrogen-bond acceptors (Lipinski definition) is 2. The Hall–Kier alpha value is -3.03. The highest BCUT2D eigenvalue weighted by Gasteiger charge is 2.31. The smallest absolute Gasteiger partial charge is 0.352 e.